The van der Waals surface area contributed by atoms with Gasteiger partial charge in [0.2, 0.25) is 0 Å². The monoisotopic (exact) mass is 403 g/mol. The van der Waals surface area contributed by atoms with Gasteiger partial charge in [0.1, 0.15) is 12.4 Å². The van der Waals surface area contributed by atoms with Crippen molar-refractivity contribution in [1.29, 1.82) is 0 Å². The van der Waals surface area contributed by atoms with Gasteiger partial charge in [0.25, 0.3) is 0 Å². The summed E-state index contributed by atoms with van der Waals surface area (Å²) >= 11 is 12.8. The Bertz CT molecular complexity index is 590. The van der Waals surface area contributed by atoms with Crippen LogP contribution in [0, 0.1) is 0 Å². The zero-order valence-electron chi connectivity index (χ0n) is 10.00. The molecule has 0 spiro atoms. The van der Waals surface area contributed by atoms with Crippen molar-refractivity contribution in [1.82, 2.24) is 0 Å². The molecule has 100 valence electrons. The van der Waals surface area contributed by atoms with Crippen LogP contribution >= 0.6 is 43.5 Å². The second-order valence-corrected chi connectivity index (χ2v) is 6.14. The van der Waals surface area contributed by atoms with Gasteiger partial charge in [0, 0.05) is 21.6 Å². The lowest BCUT2D eigenvalue weighted by molar-refractivity contribution is 0.303. The van der Waals surface area contributed by atoms with Gasteiger partial charge in [-0.25, -0.2) is 0 Å². The molecule has 2 N–H and O–H groups in total. The van der Waals surface area contributed by atoms with E-state index < -0.39 is 0 Å². The van der Waals surface area contributed by atoms with Crippen LogP contribution in [0.2, 0.25) is 5.02 Å². The summed E-state index contributed by atoms with van der Waals surface area (Å²) in [6.07, 6.45) is 0. The molecule has 0 fully saturated rings. The minimum Gasteiger partial charge on any atom is -0.488 e. The van der Waals surface area contributed by atoms with Gasteiger partial charge in [-0.2, -0.15) is 0 Å². The standard InChI is InChI=1S/C14H12Br2ClNO/c15-12-5-9(7-18)1-2-10(12)8-19-14-4-3-11(17)6-13(14)16/h1-6H,7-8,18H2. The summed E-state index contributed by atoms with van der Waals surface area (Å²) in [5.74, 6) is 0.763. The summed E-state index contributed by atoms with van der Waals surface area (Å²) in [5.41, 5.74) is 7.75. The lowest BCUT2D eigenvalue weighted by Crippen LogP contribution is -2.00. The first-order chi connectivity index (χ1) is 9.10. The minimum atomic E-state index is 0.478. The summed E-state index contributed by atoms with van der Waals surface area (Å²) in [6, 6.07) is 11.5. The number of hydrogen-bond donors (Lipinski definition) is 1. The Hall–Kier alpha value is -0.550. The van der Waals surface area contributed by atoms with E-state index in [2.05, 4.69) is 31.9 Å². The predicted molar refractivity (Wildman–Crippen MR) is 85.5 cm³/mol. The highest BCUT2D eigenvalue weighted by Crippen LogP contribution is 2.29. The number of halogens is 3. The van der Waals surface area contributed by atoms with Crippen LogP contribution in [-0.4, -0.2) is 0 Å². The normalized spacial score (nSPS) is 10.5. The molecule has 0 aliphatic heterocycles. The van der Waals surface area contributed by atoms with E-state index in [-0.39, 0.29) is 0 Å². The van der Waals surface area contributed by atoms with Gasteiger partial charge in [-0.15, -0.1) is 0 Å². The van der Waals surface area contributed by atoms with Crippen LogP contribution < -0.4 is 10.5 Å². The fourth-order valence-electron chi connectivity index (χ4n) is 1.58. The lowest BCUT2D eigenvalue weighted by atomic mass is 10.1. The van der Waals surface area contributed by atoms with Crippen molar-refractivity contribution in [3.8, 4) is 5.75 Å². The van der Waals surface area contributed by atoms with E-state index >= 15 is 0 Å². The average Bonchev–Trinajstić information content (AvgIpc) is 2.39. The molecule has 0 aliphatic rings. The SMILES string of the molecule is NCc1ccc(COc2ccc(Cl)cc2Br)c(Br)c1. The molecule has 2 aromatic rings. The Morgan fingerprint density at radius 2 is 1.84 bits per heavy atom. The van der Waals surface area contributed by atoms with E-state index in [0.29, 0.717) is 18.2 Å². The van der Waals surface area contributed by atoms with Crippen LogP contribution in [0.4, 0.5) is 0 Å². The third-order valence-corrected chi connectivity index (χ3v) is 4.22. The van der Waals surface area contributed by atoms with Crippen LogP contribution in [0.25, 0.3) is 0 Å². The molecule has 2 nitrogen and oxygen atoms in total. The van der Waals surface area contributed by atoms with Gasteiger partial charge in [0.15, 0.2) is 0 Å². The molecule has 5 heteroatoms. The highest BCUT2D eigenvalue weighted by Gasteiger charge is 2.05. The Morgan fingerprint density at radius 3 is 2.47 bits per heavy atom. The number of ether oxygens (including phenoxy) is 1. The predicted octanol–water partition coefficient (Wildman–Crippen LogP) is 4.90. The molecule has 0 aliphatic carbocycles. The second kappa shape index (κ2) is 6.75. The molecule has 0 unspecified atom stereocenters. The van der Waals surface area contributed by atoms with Crippen LogP contribution in [0.5, 0.6) is 5.75 Å². The first-order valence-corrected chi connectivity index (χ1v) is 7.62. The maximum atomic E-state index is 5.89. The topological polar surface area (TPSA) is 35.2 Å². The molecule has 0 radical (unpaired) electrons. The van der Waals surface area contributed by atoms with E-state index in [1.165, 1.54) is 0 Å². The third kappa shape index (κ3) is 3.96. The molecule has 0 amide bonds. The molecule has 2 rings (SSSR count). The smallest absolute Gasteiger partial charge is 0.134 e. The van der Waals surface area contributed by atoms with Crippen molar-refractivity contribution in [2.45, 2.75) is 13.2 Å². The quantitative estimate of drug-likeness (QED) is 0.785. The molecule has 0 bridgehead atoms. The number of nitrogens with two attached hydrogens (primary N) is 1. The van der Waals surface area contributed by atoms with Crippen molar-refractivity contribution < 1.29 is 4.74 Å². The van der Waals surface area contributed by atoms with Crippen molar-refractivity contribution in [3.05, 3.63) is 61.5 Å². The molecule has 0 heterocycles. The molecule has 2 aromatic carbocycles. The van der Waals surface area contributed by atoms with Gasteiger partial charge in [-0.3, -0.25) is 0 Å². The van der Waals surface area contributed by atoms with Gasteiger partial charge in [-0.05, 0) is 45.8 Å². The van der Waals surface area contributed by atoms with E-state index in [4.69, 9.17) is 22.1 Å². The van der Waals surface area contributed by atoms with Crippen LogP contribution in [-0.2, 0) is 13.2 Å². The number of rotatable bonds is 4. The molecular weight excluding hydrogens is 393 g/mol. The Kier molecular flexibility index (Phi) is 5.28. The van der Waals surface area contributed by atoms with Crippen LogP contribution in [0.1, 0.15) is 11.1 Å². The zero-order chi connectivity index (χ0) is 13.8. The van der Waals surface area contributed by atoms with Gasteiger partial charge >= 0.3 is 0 Å². The Labute approximate surface area is 134 Å². The summed E-state index contributed by atoms with van der Waals surface area (Å²) < 4.78 is 7.61. The molecule has 0 saturated heterocycles. The van der Waals surface area contributed by atoms with Crippen LogP contribution in [0.15, 0.2) is 45.3 Å². The third-order valence-electron chi connectivity index (χ3n) is 2.63. The highest BCUT2D eigenvalue weighted by molar-refractivity contribution is 9.10. The zero-order valence-corrected chi connectivity index (χ0v) is 13.9. The molecule has 0 aromatic heterocycles. The molecule has 0 saturated carbocycles. The van der Waals surface area contributed by atoms with E-state index in [9.17, 15) is 0 Å². The summed E-state index contributed by atoms with van der Waals surface area (Å²) in [4.78, 5) is 0. The largest absolute Gasteiger partial charge is 0.488 e. The Morgan fingerprint density at radius 1 is 1.05 bits per heavy atom. The first-order valence-electron chi connectivity index (χ1n) is 5.65. The van der Waals surface area contributed by atoms with Crippen LogP contribution in [0.3, 0.4) is 0 Å². The second-order valence-electron chi connectivity index (χ2n) is 3.99. The fraction of sp³-hybridized carbons (Fsp3) is 0.143. The van der Waals surface area contributed by atoms with E-state index in [1.807, 2.05) is 30.3 Å². The van der Waals surface area contributed by atoms with Crippen molar-refractivity contribution in [2.24, 2.45) is 5.73 Å². The van der Waals surface area contributed by atoms with E-state index in [1.54, 1.807) is 6.07 Å². The fourth-order valence-corrected chi connectivity index (χ4v) is 2.92. The minimum absolute atomic E-state index is 0.478. The summed E-state index contributed by atoms with van der Waals surface area (Å²) in [5, 5.41) is 0.674. The van der Waals surface area contributed by atoms with Crippen molar-refractivity contribution >= 4 is 43.5 Å². The maximum Gasteiger partial charge on any atom is 0.134 e. The average molecular weight is 406 g/mol. The lowest BCUT2D eigenvalue weighted by Gasteiger charge is -2.10. The number of benzene rings is 2. The van der Waals surface area contributed by atoms with Crippen molar-refractivity contribution in [3.63, 3.8) is 0 Å². The molecular formula is C14H12Br2ClNO. The Balaban J connectivity index is 2.10. The summed E-state index contributed by atoms with van der Waals surface area (Å²) in [6.45, 7) is 1.01. The molecule has 19 heavy (non-hydrogen) atoms. The van der Waals surface area contributed by atoms with Crippen molar-refractivity contribution in [2.75, 3.05) is 0 Å². The summed E-state index contributed by atoms with van der Waals surface area (Å²) in [7, 11) is 0. The van der Waals surface area contributed by atoms with Gasteiger partial charge in [-0.1, -0.05) is 39.7 Å². The van der Waals surface area contributed by atoms with Gasteiger partial charge in [0.05, 0.1) is 4.47 Å². The molecule has 0 atom stereocenters. The first kappa shape index (κ1) is 14.9. The van der Waals surface area contributed by atoms with Gasteiger partial charge < -0.3 is 10.5 Å². The number of hydrogen-bond acceptors (Lipinski definition) is 2. The highest BCUT2D eigenvalue weighted by atomic mass is 79.9. The maximum absolute atomic E-state index is 5.89. The van der Waals surface area contributed by atoms with E-state index in [0.717, 1.165) is 25.8 Å².